The van der Waals surface area contributed by atoms with Crippen molar-refractivity contribution in [3.8, 4) is 11.4 Å². The van der Waals surface area contributed by atoms with Gasteiger partial charge in [-0.2, -0.15) is 15.0 Å². The number of hydrogen-bond acceptors (Lipinski definition) is 11. The SMILES string of the molecule is [CH2]Cc1ccc(-c2nc(Nc3cc(SCCCCCCCCCCCCCCCCCCC)c(SCCCCCCCCCCCCCCCCCCC)c(SCCCCCCCCCCCCCCCCCCC)c3)nc(Nc3cc(SCCCCCCCCCCCCCCCCCCC)c(SCCCCCCCCCCCCCCCCCCC)c(SCCCCCCCCCCCCCCCCCCC)c3)n2)cc1. The number of unbranched alkanes of at least 4 members (excludes halogenated alkanes) is 96. The summed E-state index contributed by atoms with van der Waals surface area (Å²) in [5, 5.41) is 8.01. The molecule has 0 amide bonds. The van der Waals surface area contributed by atoms with Gasteiger partial charge in [-0.15, -0.1) is 70.6 Å². The zero-order chi connectivity index (χ0) is 105. The first-order valence-corrected chi connectivity index (χ1v) is 72.7. The molecule has 0 aliphatic heterocycles. The molecular weight excluding hydrogens is 1910 g/mol. The first kappa shape index (κ1) is 139. The summed E-state index contributed by atoms with van der Waals surface area (Å²) in [5.74, 6) is 8.89. The van der Waals surface area contributed by atoms with E-state index in [-0.39, 0.29) is 0 Å². The van der Waals surface area contributed by atoms with E-state index in [2.05, 4.69) is 178 Å². The van der Waals surface area contributed by atoms with Gasteiger partial charge in [0.05, 0.1) is 0 Å². The highest BCUT2D eigenvalue weighted by molar-refractivity contribution is 8.04. The van der Waals surface area contributed by atoms with Gasteiger partial charge in [0.2, 0.25) is 11.9 Å². The smallest absolute Gasteiger partial charge is 0.232 e. The van der Waals surface area contributed by atoms with Gasteiger partial charge < -0.3 is 10.6 Å². The number of rotatable bonds is 120. The van der Waals surface area contributed by atoms with Crippen molar-refractivity contribution in [3.63, 3.8) is 0 Å². The Morgan fingerprint density at radius 2 is 0.318 bits per heavy atom. The quantitative estimate of drug-likeness (QED) is 0.0328. The summed E-state index contributed by atoms with van der Waals surface area (Å²) in [7, 11) is 0. The minimum Gasteiger partial charge on any atom is -0.324 e. The molecule has 5 nitrogen and oxygen atoms in total. The van der Waals surface area contributed by atoms with Gasteiger partial charge >= 0.3 is 0 Å². The van der Waals surface area contributed by atoms with Crippen LogP contribution in [0.2, 0.25) is 0 Å². The van der Waals surface area contributed by atoms with Crippen LogP contribution in [0.5, 0.6) is 0 Å². The molecule has 0 unspecified atom stereocenters. The highest BCUT2D eigenvalue weighted by atomic mass is 32.2. The lowest BCUT2D eigenvalue weighted by molar-refractivity contribution is 0.529. The Bertz CT molecular complexity index is 3070. The van der Waals surface area contributed by atoms with Crippen molar-refractivity contribution in [3.05, 3.63) is 61.0 Å². The fourth-order valence-electron chi connectivity index (χ4n) is 21.7. The molecule has 0 spiro atoms. The molecule has 0 aliphatic rings. The van der Waals surface area contributed by atoms with E-state index in [1.807, 2.05) is 0 Å². The summed E-state index contributed by atoms with van der Waals surface area (Å²) in [6.45, 7) is 18.3. The fourth-order valence-corrected chi connectivity index (χ4v) is 29.3. The summed E-state index contributed by atoms with van der Waals surface area (Å²) in [6.07, 6.45) is 144. The molecule has 0 fully saturated rings. The lowest BCUT2D eigenvalue weighted by Crippen LogP contribution is -2.06. The number of nitrogens with one attached hydrogen (secondary N) is 2. The molecule has 3 aromatic carbocycles. The van der Waals surface area contributed by atoms with Crippen molar-refractivity contribution in [1.29, 1.82) is 0 Å². The standard InChI is InChI=1S/C137H248N5S6/c1-8-15-21-27-33-39-45-51-57-63-69-75-81-87-93-99-105-115-143-129-121-127(122-130(144-116-106-100-94-88-82-76-70-64-58-52-46-40-34-28-22-16-9-2)133(129)147-119-109-103-97-91-85-79-73-67-61-55-49-43-37-31-25-19-12-5)138-136-140-135(126-113-111-125(14-7)112-114-126)141-137(142-136)139-128-123-131(145-117-107-101-95-89-83-77-71-65-59-53-47-41-35-29-23-17-10-3)134(148-120-110-104-98-92-86-80-74-68-62-56-50-44-38-32-26-20-13-6)132(124-128)146-118-108-102-96-90-84-78-72-66-60-54-48-42-36-30-24-18-11-4/h111-114,121-124H,7-110,115-120H2,1-6H3,(H2,138,139,140,141,142). The van der Waals surface area contributed by atoms with Crippen LogP contribution in [0.3, 0.4) is 0 Å². The van der Waals surface area contributed by atoms with Crippen LogP contribution >= 0.6 is 70.6 Å². The molecule has 11 heteroatoms. The predicted molar refractivity (Wildman–Crippen MR) is 683 cm³/mol. The maximum atomic E-state index is 5.52. The summed E-state index contributed by atoms with van der Waals surface area (Å²) < 4.78 is 0. The third-order valence-electron chi connectivity index (χ3n) is 31.7. The van der Waals surface area contributed by atoms with Gasteiger partial charge in [0.25, 0.3) is 0 Å². The summed E-state index contributed by atoms with van der Waals surface area (Å²) in [5.41, 5.74) is 4.42. The zero-order valence-corrected chi connectivity index (χ0v) is 105. The Morgan fingerprint density at radius 3 is 0.466 bits per heavy atom. The van der Waals surface area contributed by atoms with Crippen molar-refractivity contribution in [2.45, 2.75) is 732 Å². The number of hydrogen-bond donors (Lipinski definition) is 2. The van der Waals surface area contributed by atoms with Crippen LogP contribution in [0.1, 0.15) is 702 Å². The molecule has 148 heavy (non-hydrogen) atoms. The van der Waals surface area contributed by atoms with Crippen molar-refractivity contribution in [2.75, 3.05) is 45.2 Å². The van der Waals surface area contributed by atoms with E-state index in [4.69, 9.17) is 15.0 Å². The van der Waals surface area contributed by atoms with Crippen molar-refractivity contribution in [2.24, 2.45) is 0 Å². The van der Waals surface area contributed by atoms with E-state index < -0.39 is 0 Å². The van der Waals surface area contributed by atoms with E-state index in [1.165, 1.54) is 701 Å². The molecular formula is C137H248N5S6. The largest absolute Gasteiger partial charge is 0.324 e. The molecule has 0 atom stereocenters. The fraction of sp³-hybridized carbons (Fsp3) is 0.839. The molecule has 0 aliphatic carbocycles. The molecule has 0 saturated carbocycles. The van der Waals surface area contributed by atoms with Gasteiger partial charge in [-0.05, 0) is 116 Å². The summed E-state index contributed by atoms with van der Waals surface area (Å²) in [4.78, 5) is 25.3. The Kier molecular flexibility index (Phi) is 104. The van der Waals surface area contributed by atoms with Crippen LogP contribution in [0.15, 0.2) is 77.9 Å². The zero-order valence-electron chi connectivity index (χ0n) is 99.7. The molecule has 4 aromatic rings. The van der Waals surface area contributed by atoms with Crippen LogP contribution in [0, 0.1) is 6.92 Å². The highest BCUT2D eigenvalue weighted by Gasteiger charge is 2.21. The molecule has 0 bridgehead atoms. The summed E-state index contributed by atoms with van der Waals surface area (Å²) in [6, 6.07) is 18.9. The number of aromatic nitrogens is 3. The van der Waals surface area contributed by atoms with E-state index in [9.17, 15) is 0 Å². The minimum atomic E-state index is 0.605. The molecule has 1 radical (unpaired) electrons. The first-order valence-electron chi connectivity index (χ1n) is 66.8. The maximum absolute atomic E-state index is 5.52. The summed E-state index contributed by atoms with van der Waals surface area (Å²) >= 11 is 12.9. The molecule has 4 rings (SSSR count). The average Bonchev–Trinajstić information content (AvgIpc) is 0.958. The minimum absolute atomic E-state index is 0.605. The Balaban J connectivity index is 1.69. The third kappa shape index (κ3) is 85.4. The van der Waals surface area contributed by atoms with Gasteiger partial charge in [0.1, 0.15) is 0 Å². The lowest BCUT2D eigenvalue weighted by atomic mass is 10.0. The monoisotopic (exact) mass is 2160 g/mol. The normalized spacial score (nSPS) is 11.8. The second-order valence-corrected chi connectivity index (χ2v) is 52.9. The van der Waals surface area contributed by atoms with E-state index in [0.717, 1.165) is 46.4 Å². The lowest BCUT2D eigenvalue weighted by Gasteiger charge is -2.19. The highest BCUT2D eigenvalue weighted by Crippen LogP contribution is 2.46. The number of benzene rings is 3. The van der Waals surface area contributed by atoms with Gasteiger partial charge in [-0.1, -0.05) is 682 Å². The first-order chi connectivity index (χ1) is 73.5. The molecule has 857 valence electrons. The number of anilines is 4. The van der Waals surface area contributed by atoms with Gasteiger partial charge in [-0.3, -0.25) is 0 Å². The number of nitrogens with zero attached hydrogens (tertiary/aromatic N) is 3. The number of thioether (sulfide) groups is 6. The van der Waals surface area contributed by atoms with Crippen molar-refractivity contribution in [1.82, 2.24) is 15.0 Å². The van der Waals surface area contributed by atoms with Gasteiger partial charge in [0.15, 0.2) is 5.82 Å². The Labute approximate surface area is 950 Å². The molecule has 1 heterocycles. The second-order valence-electron chi connectivity index (χ2n) is 46.1. The van der Waals surface area contributed by atoms with Crippen LogP contribution < -0.4 is 10.6 Å². The topological polar surface area (TPSA) is 62.7 Å². The van der Waals surface area contributed by atoms with Gasteiger partial charge in [-0.25, -0.2) is 0 Å². The van der Waals surface area contributed by atoms with E-state index in [1.54, 1.807) is 0 Å². The van der Waals surface area contributed by atoms with Crippen LogP contribution in [0.25, 0.3) is 11.4 Å². The molecule has 1 aromatic heterocycles. The van der Waals surface area contributed by atoms with Crippen molar-refractivity contribution >= 4 is 93.8 Å². The van der Waals surface area contributed by atoms with E-state index >= 15 is 0 Å². The second kappa shape index (κ2) is 111. The third-order valence-corrected chi connectivity index (χ3v) is 39.2. The van der Waals surface area contributed by atoms with E-state index in [0.29, 0.717) is 17.7 Å². The van der Waals surface area contributed by atoms with Crippen molar-refractivity contribution < 1.29 is 0 Å². The maximum Gasteiger partial charge on any atom is 0.232 e. The predicted octanol–water partition coefficient (Wildman–Crippen LogP) is 51.9. The molecule has 2 N–H and O–H groups in total. The van der Waals surface area contributed by atoms with Crippen LogP contribution in [-0.2, 0) is 6.42 Å². The average molecular weight is 2160 g/mol. The van der Waals surface area contributed by atoms with Crippen LogP contribution in [0.4, 0.5) is 23.3 Å². The molecule has 0 saturated heterocycles. The van der Waals surface area contributed by atoms with Crippen LogP contribution in [-0.4, -0.2) is 49.5 Å². The van der Waals surface area contributed by atoms with Gasteiger partial charge in [0, 0.05) is 46.3 Å². The Morgan fingerprint density at radius 1 is 0.176 bits per heavy atom. The Hall–Kier alpha value is -1.63.